The molecule has 0 aliphatic carbocycles. The molecule has 19 heavy (non-hydrogen) atoms. The number of halogens is 1. The van der Waals surface area contributed by atoms with Crippen molar-refractivity contribution in [3.63, 3.8) is 0 Å². The van der Waals surface area contributed by atoms with Crippen LogP contribution in [0.25, 0.3) is 0 Å². The predicted octanol–water partition coefficient (Wildman–Crippen LogP) is 1.17. The lowest BCUT2D eigenvalue weighted by molar-refractivity contribution is 0.631. The van der Waals surface area contributed by atoms with Crippen LogP contribution in [0.15, 0.2) is 36.8 Å². The van der Waals surface area contributed by atoms with Gasteiger partial charge in [-0.25, -0.2) is 9.97 Å². The number of piperazine rings is 1. The Labute approximate surface area is 122 Å². The van der Waals surface area contributed by atoms with Crippen molar-refractivity contribution in [3.05, 3.63) is 36.8 Å². The van der Waals surface area contributed by atoms with Gasteiger partial charge in [-0.2, -0.15) is 5.10 Å². The van der Waals surface area contributed by atoms with Crippen LogP contribution in [0.1, 0.15) is 0 Å². The normalized spacial score (nSPS) is 14.9. The molecule has 1 fully saturated rings. The van der Waals surface area contributed by atoms with Crippen molar-refractivity contribution in [2.45, 2.75) is 0 Å². The van der Waals surface area contributed by atoms with Gasteiger partial charge < -0.3 is 9.80 Å². The first-order valence-corrected chi connectivity index (χ1v) is 5.98. The van der Waals surface area contributed by atoms with Crippen LogP contribution in [-0.2, 0) is 0 Å². The summed E-state index contributed by atoms with van der Waals surface area (Å²) in [4.78, 5) is 13.0. The molecule has 0 saturated carbocycles. The SMILES string of the molecule is Br.c1cnc(N2CCN(c3cccnn3)CC2)nc1. The van der Waals surface area contributed by atoms with Crippen LogP contribution in [0.5, 0.6) is 0 Å². The number of anilines is 2. The fourth-order valence-electron chi connectivity index (χ4n) is 2.05. The highest BCUT2D eigenvalue weighted by molar-refractivity contribution is 8.93. The lowest BCUT2D eigenvalue weighted by Crippen LogP contribution is -2.47. The lowest BCUT2D eigenvalue weighted by atomic mass is 10.3. The number of hydrogen-bond acceptors (Lipinski definition) is 6. The molecule has 0 bridgehead atoms. The van der Waals surface area contributed by atoms with Gasteiger partial charge in [-0.15, -0.1) is 22.1 Å². The van der Waals surface area contributed by atoms with E-state index in [1.807, 2.05) is 18.2 Å². The third kappa shape index (κ3) is 3.17. The molecule has 0 radical (unpaired) electrons. The average Bonchev–Trinajstić information content (AvgIpc) is 2.49. The zero-order valence-electron chi connectivity index (χ0n) is 10.4. The summed E-state index contributed by atoms with van der Waals surface area (Å²) < 4.78 is 0. The molecule has 1 saturated heterocycles. The van der Waals surface area contributed by atoms with E-state index >= 15 is 0 Å². The molecule has 0 atom stereocenters. The van der Waals surface area contributed by atoms with Gasteiger partial charge in [0.25, 0.3) is 0 Å². The molecule has 100 valence electrons. The van der Waals surface area contributed by atoms with Gasteiger partial charge in [-0.05, 0) is 18.2 Å². The monoisotopic (exact) mass is 322 g/mol. The Morgan fingerprint density at radius 2 is 1.53 bits per heavy atom. The Bertz CT molecular complexity index is 439. The summed E-state index contributed by atoms with van der Waals surface area (Å²) in [6, 6.07) is 5.73. The first-order chi connectivity index (χ1) is 8.93. The molecular weight excluding hydrogens is 308 g/mol. The van der Waals surface area contributed by atoms with Gasteiger partial charge in [0.2, 0.25) is 5.95 Å². The zero-order chi connectivity index (χ0) is 12.2. The summed E-state index contributed by atoms with van der Waals surface area (Å²) in [5.41, 5.74) is 0. The summed E-state index contributed by atoms with van der Waals surface area (Å²) in [5, 5.41) is 8.03. The molecule has 3 heterocycles. The van der Waals surface area contributed by atoms with Crippen LogP contribution >= 0.6 is 17.0 Å². The Hall–Kier alpha value is -1.76. The highest BCUT2D eigenvalue weighted by atomic mass is 79.9. The highest BCUT2D eigenvalue weighted by Gasteiger charge is 2.19. The van der Waals surface area contributed by atoms with Crippen LogP contribution in [0.2, 0.25) is 0 Å². The number of aromatic nitrogens is 4. The maximum absolute atomic E-state index is 4.27. The zero-order valence-corrected chi connectivity index (χ0v) is 12.1. The summed E-state index contributed by atoms with van der Waals surface area (Å²) in [5.74, 6) is 1.74. The van der Waals surface area contributed by atoms with Crippen molar-refractivity contribution in [2.75, 3.05) is 36.0 Å². The Morgan fingerprint density at radius 3 is 2.16 bits per heavy atom. The fourth-order valence-corrected chi connectivity index (χ4v) is 2.05. The third-order valence-electron chi connectivity index (χ3n) is 3.00. The van der Waals surface area contributed by atoms with E-state index in [2.05, 4.69) is 30.0 Å². The number of nitrogens with zero attached hydrogens (tertiary/aromatic N) is 6. The summed E-state index contributed by atoms with van der Waals surface area (Å²) in [6.07, 6.45) is 5.24. The van der Waals surface area contributed by atoms with E-state index in [0.717, 1.165) is 37.9 Å². The molecule has 0 amide bonds. The largest absolute Gasteiger partial charge is 0.352 e. The van der Waals surface area contributed by atoms with Crippen LogP contribution < -0.4 is 9.80 Å². The highest BCUT2D eigenvalue weighted by Crippen LogP contribution is 2.14. The third-order valence-corrected chi connectivity index (χ3v) is 3.00. The molecule has 1 aliphatic heterocycles. The number of rotatable bonds is 2. The first-order valence-electron chi connectivity index (χ1n) is 5.98. The van der Waals surface area contributed by atoms with Crippen molar-refractivity contribution in [1.29, 1.82) is 0 Å². The van der Waals surface area contributed by atoms with Gasteiger partial charge in [0, 0.05) is 44.8 Å². The fraction of sp³-hybridized carbons (Fsp3) is 0.333. The molecule has 3 rings (SSSR count). The van der Waals surface area contributed by atoms with E-state index in [1.165, 1.54) is 0 Å². The standard InChI is InChI=1S/C12H14N6.BrH/c1-3-11(16-15-6-1)17-7-9-18(10-8-17)12-13-4-2-5-14-12;/h1-6H,7-10H2;1H. The Morgan fingerprint density at radius 1 is 0.842 bits per heavy atom. The van der Waals surface area contributed by atoms with Crippen LogP contribution in [0.4, 0.5) is 11.8 Å². The van der Waals surface area contributed by atoms with Gasteiger partial charge in [0.05, 0.1) is 0 Å². The minimum Gasteiger partial charge on any atom is -0.352 e. The Kier molecular flexibility index (Phi) is 4.62. The van der Waals surface area contributed by atoms with Crippen molar-refractivity contribution in [2.24, 2.45) is 0 Å². The molecule has 0 spiro atoms. The summed E-state index contributed by atoms with van der Waals surface area (Å²) >= 11 is 0. The topological polar surface area (TPSA) is 58.0 Å². The van der Waals surface area contributed by atoms with Gasteiger partial charge in [-0.3, -0.25) is 0 Å². The molecule has 1 aliphatic rings. The molecule has 6 nitrogen and oxygen atoms in total. The van der Waals surface area contributed by atoms with Crippen LogP contribution in [0, 0.1) is 0 Å². The van der Waals surface area contributed by atoms with E-state index in [4.69, 9.17) is 0 Å². The molecule has 0 N–H and O–H groups in total. The van der Waals surface area contributed by atoms with Gasteiger partial charge in [-0.1, -0.05) is 0 Å². The first kappa shape index (κ1) is 13.7. The van der Waals surface area contributed by atoms with Crippen molar-refractivity contribution >= 4 is 28.7 Å². The Balaban J connectivity index is 0.00000133. The van der Waals surface area contributed by atoms with Crippen molar-refractivity contribution < 1.29 is 0 Å². The maximum Gasteiger partial charge on any atom is 0.225 e. The average molecular weight is 323 g/mol. The van der Waals surface area contributed by atoms with E-state index in [1.54, 1.807) is 18.6 Å². The number of hydrogen-bond donors (Lipinski definition) is 0. The summed E-state index contributed by atoms with van der Waals surface area (Å²) in [7, 11) is 0. The smallest absolute Gasteiger partial charge is 0.225 e. The maximum atomic E-state index is 4.27. The molecule has 2 aromatic rings. The minimum atomic E-state index is 0. The van der Waals surface area contributed by atoms with Crippen LogP contribution in [0.3, 0.4) is 0 Å². The van der Waals surface area contributed by atoms with Crippen molar-refractivity contribution in [3.8, 4) is 0 Å². The van der Waals surface area contributed by atoms with E-state index in [9.17, 15) is 0 Å². The van der Waals surface area contributed by atoms with Crippen LogP contribution in [-0.4, -0.2) is 46.3 Å². The van der Waals surface area contributed by atoms with Gasteiger partial charge in [0.15, 0.2) is 5.82 Å². The molecule has 0 aromatic carbocycles. The molecule has 7 heteroatoms. The van der Waals surface area contributed by atoms with E-state index < -0.39 is 0 Å². The van der Waals surface area contributed by atoms with Gasteiger partial charge in [0.1, 0.15) is 0 Å². The quantitative estimate of drug-likeness (QED) is 0.827. The van der Waals surface area contributed by atoms with Crippen molar-refractivity contribution in [1.82, 2.24) is 20.2 Å². The van der Waals surface area contributed by atoms with Gasteiger partial charge >= 0.3 is 0 Å². The van der Waals surface area contributed by atoms with E-state index in [-0.39, 0.29) is 17.0 Å². The second-order valence-electron chi connectivity index (χ2n) is 4.10. The second-order valence-corrected chi connectivity index (χ2v) is 4.10. The second kappa shape index (κ2) is 6.42. The molecular formula is C12H15BrN6. The molecule has 0 unspecified atom stereocenters. The minimum absolute atomic E-state index is 0. The predicted molar refractivity (Wildman–Crippen MR) is 78.8 cm³/mol. The van der Waals surface area contributed by atoms with E-state index in [0.29, 0.717) is 0 Å². The lowest BCUT2D eigenvalue weighted by Gasteiger charge is -2.34. The molecule has 2 aromatic heterocycles. The summed E-state index contributed by atoms with van der Waals surface area (Å²) in [6.45, 7) is 3.63.